The number of methoxy groups -OCH3 is 1. The van der Waals surface area contributed by atoms with Crippen LogP contribution in [0.5, 0.6) is 0 Å². The molecule has 4 heteroatoms. The summed E-state index contributed by atoms with van der Waals surface area (Å²) in [5.74, 6) is -0.181. The summed E-state index contributed by atoms with van der Waals surface area (Å²) >= 11 is 0. The molecule has 0 bridgehead atoms. The van der Waals surface area contributed by atoms with Crippen molar-refractivity contribution in [3.8, 4) is 0 Å². The standard InChI is InChI=1S/C17H25FN2O/c1-21-17(14-2-4-15(18)5-3-14)8-6-16(7-9-17)20-12-10-19-11-13-20/h2-5,16,19H,6-13H2,1H3. The summed E-state index contributed by atoms with van der Waals surface area (Å²) < 4.78 is 19.0. The van der Waals surface area contributed by atoms with Gasteiger partial charge in [0.2, 0.25) is 0 Å². The minimum absolute atomic E-state index is 0.181. The molecule has 3 rings (SSSR count). The van der Waals surface area contributed by atoms with Gasteiger partial charge < -0.3 is 10.1 Å². The van der Waals surface area contributed by atoms with Crippen LogP contribution in [0.1, 0.15) is 31.2 Å². The number of ether oxygens (including phenoxy) is 1. The van der Waals surface area contributed by atoms with Gasteiger partial charge in [0.25, 0.3) is 0 Å². The summed E-state index contributed by atoms with van der Waals surface area (Å²) in [6.07, 6.45) is 4.35. The van der Waals surface area contributed by atoms with Crippen LogP contribution in [0, 0.1) is 5.82 Å². The van der Waals surface area contributed by atoms with Crippen LogP contribution in [0.3, 0.4) is 0 Å². The van der Waals surface area contributed by atoms with Gasteiger partial charge in [0.1, 0.15) is 5.82 Å². The van der Waals surface area contributed by atoms with E-state index in [2.05, 4.69) is 10.2 Å². The van der Waals surface area contributed by atoms with Gasteiger partial charge in [0, 0.05) is 39.3 Å². The highest BCUT2D eigenvalue weighted by Crippen LogP contribution is 2.41. The molecule has 0 spiro atoms. The molecule has 0 amide bonds. The largest absolute Gasteiger partial charge is 0.374 e. The maximum Gasteiger partial charge on any atom is 0.123 e. The number of hydrogen-bond donors (Lipinski definition) is 1. The molecule has 1 aliphatic heterocycles. The second-order valence-corrected chi connectivity index (χ2v) is 6.22. The van der Waals surface area contributed by atoms with Crippen LogP contribution >= 0.6 is 0 Å². The monoisotopic (exact) mass is 292 g/mol. The topological polar surface area (TPSA) is 24.5 Å². The predicted octanol–water partition coefficient (Wildman–Crippen LogP) is 2.52. The zero-order valence-corrected chi connectivity index (χ0v) is 12.8. The van der Waals surface area contributed by atoms with Gasteiger partial charge in [-0.2, -0.15) is 0 Å². The van der Waals surface area contributed by atoms with Gasteiger partial charge >= 0.3 is 0 Å². The van der Waals surface area contributed by atoms with Gasteiger partial charge in [-0.05, 0) is 43.4 Å². The number of hydrogen-bond acceptors (Lipinski definition) is 3. The predicted molar refractivity (Wildman–Crippen MR) is 81.8 cm³/mol. The Kier molecular flexibility index (Phi) is 4.57. The first-order chi connectivity index (χ1) is 10.2. The van der Waals surface area contributed by atoms with Crippen LogP contribution in [-0.2, 0) is 10.3 Å². The quantitative estimate of drug-likeness (QED) is 0.926. The molecule has 21 heavy (non-hydrogen) atoms. The smallest absolute Gasteiger partial charge is 0.123 e. The zero-order chi connectivity index (χ0) is 14.7. The third kappa shape index (κ3) is 3.12. The lowest BCUT2D eigenvalue weighted by Crippen LogP contribution is -2.50. The fourth-order valence-corrected chi connectivity index (χ4v) is 3.85. The molecular formula is C17H25FN2O. The van der Waals surface area contributed by atoms with Crippen molar-refractivity contribution in [1.29, 1.82) is 0 Å². The first-order valence-electron chi connectivity index (χ1n) is 7.99. The molecule has 0 atom stereocenters. The average molecular weight is 292 g/mol. The number of benzene rings is 1. The molecule has 1 N–H and O–H groups in total. The summed E-state index contributed by atoms with van der Waals surface area (Å²) in [5, 5.41) is 3.41. The Morgan fingerprint density at radius 2 is 1.76 bits per heavy atom. The molecule has 3 nitrogen and oxygen atoms in total. The third-order valence-corrected chi connectivity index (χ3v) is 5.19. The lowest BCUT2D eigenvalue weighted by atomic mass is 9.77. The number of halogens is 1. The highest BCUT2D eigenvalue weighted by Gasteiger charge is 2.38. The van der Waals surface area contributed by atoms with E-state index in [-0.39, 0.29) is 11.4 Å². The van der Waals surface area contributed by atoms with Crippen molar-refractivity contribution in [3.63, 3.8) is 0 Å². The maximum atomic E-state index is 13.1. The Morgan fingerprint density at radius 1 is 1.14 bits per heavy atom. The molecule has 1 aliphatic carbocycles. The Balaban J connectivity index is 1.68. The highest BCUT2D eigenvalue weighted by molar-refractivity contribution is 5.24. The summed E-state index contributed by atoms with van der Waals surface area (Å²) in [7, 11) is 1.79. The van der Waals surface area contributed by atoms with E-state index in [1.165, 1.54) is 0 Å². The summed E-state index contributed by atoms with van der Waals surface area (Å²) in [5.41, 5.74) is 0.892. The van der Waals surface area contributed by atoms with E-state index >= 15 is 0 Å². The lowest BCUT2D eigenvalue weighted by Gasteiger charge is -2.44. The van der Waals surface area contributed by atoms with Crippen LogP contribution in [-0.4, -0.2) is 44.2 Å². The number of nitrogens with zero attached hydrogens (tertiary/aromatic N) is 1. The number of nitrogens with one attached hydrogen (secondary N) is 1. The molecule has 2 fully saturated rings. The van der Waals surface area contributed by atoms with Gasteiger partial charge in [-0.25, -0.2) is 4.39 Å². The normalized spacial score (nSPS) is 31.2. The van der Waals surface area contributed by atoms with Crippen molar-refractivity contribution >= 4 is 0 Å². The van der Waals surface area contributed by atoms with Gasteiger partial charge in [-0.3, -0.25) is 4.90 Å². The summed E-state index contributed by atoms with van der Waals surface area (Å²) in [4.78, 5) is 2.61. The van der Waals surface area contributed by atoms with Crippen molar-refractivity contribution in [1.82, 2.24) is 10.2 Å². The molecule has 0 unspecified atom stereocenters. The zero-order valence-electron chi connectivity index (χ0n) is 12.8. The van der Waals surface area contributed by atoms with Crippen LogP contribution in [0.4, 0.5) is 4.39 Å². The van der Waals surface area contributed by atoms with Crippen molar-refractivity contribution in [2.75, 3.05) is 33.3 Å². The fraction of sp³-hybridized carbons (Fsp3) is 0.647. The average Bonchev–Trinajstić information content (AvgIpc) is 2.56. The van der Waals surface area contributed by atoms with Gasteiger partial charge in [0.05, 0.1) is 5.60 Å². The van der Waals surface area contributed by atoms with E-state index in [0.29, 0.717) is 6.04 Å². The molecular weight excluding hydrogens is 267 g/mol. The Bertz CT molecular complexity index is 448. The second kappa shape index (κ2) is 6.42. The lowest BCUT2D eigenvalue weighted by molar-refractivity contribution is -0.0619. The van der Waals surface area contributed by atoms with Crippen molar-refractivity contribution < 1.29 is 9.13 Å². The van der Waals surface area contributed by atoms with Crippen molar-refractivity contribution in [2.24, 2.45) is 0 Å². The molecule has 1 heterocycles. The van der Waals surface area contributed by atoms with E-state index < -0.39 is 0 Å². The van der Waals surface area contributed by atoms with Crippen molar-refractivity contribution in [2.45, 2.75) is 37.3 Å². The van der Waals surface area contributed by atoms with Crippen molar-refractivity contribution in [3.05, 3.63) is 35.6 Å². The van der Waals surface area contributed by atoms with E-state index in [4.69, 9.17) is 4.74 Å². The molecule has 0 radical (unpaired) electrons. The summed E-state index contributed by atoms with van der Waals surface area (Å²) in [6, 6.07) is 7.51. The van der Waals surface area contributed by atoms with Gasteiger partial charge in [0.15, 0.2) is 0 Å². The first-order valence-corrected chi connectivity index (χ1v) is 7.99. The Hall–Kier alpha value is -0.970. The molecule has 1 saturated carbocycles. The van der Waals surface area contributed by atoms with E-state index in [0.717, 1.165) is 57.4 Å². The molecule has 2 aliphatic rings. The number of piperazine rings is 1. The van der Waals surface area contributed by atoms with Crippen LogP contribution < -0.4 is 5.32 Å². The minimum atomic E-state index is -0.224. The summed E-state index contributed by atoms with van der Waals surface area (Å²) in [6.45, 7) is 4.51. The van der Waals surface area contributed by atoms with E-state index in [1.807, 2.05) is 12.1 Å². The van der Waals surface area contributed by atoms with E-state index in [9.17, 15) is 4.39 Å². The molecule has 0 aromatic heterocycles. The molecule has 1 aromatic carbocycles. The molecule has 1 aromatic rings. The second-order valence-electron chi connectivity index (χ2n) is 6.22. The molecule has 1 saturated heterocycles. The fourth-order valence-electron chi connectivity index (χ4n) is 3.85. The minimum Gasteiger partial charge on any atom is -0.374 e. The van der Waals surface area contributed by atoms with Crippen LogP contribution in [0.2, 0.25) is 0 Å². The SMILES string of the molecule is COC1(c2ccc(F)cc2)CCC(N2CCNCC2)CC1. The third-order valence-electron chi connectivity index (χ3n) is 5.19. The maximum absolute atomic E-state index is 13.1. The van der Waals surface area contributed by atoms with E-state index in [1.54, 1.807) is 19.2 Å². The molecule has 116 valence electrons. The van der Waals surface area contributed by atoms with Crippen LogP contribution in [0.15, 0.2) is 24.3 Å². The van der Waals surface area contributed by atoms with Gasteiger partial charge in [-0.15, -0.1) is 0 Å². The van der Waals surface area contributed by atoms with Gasteiger partial charge in [-0.1, -0.05) is 12.1 Å². The number of rotatable bonds is 3. The van der Waals surface area contributed by atoms with Crippen LogP contribution in [0.25, 0.3) is 0 Å². The highest BCUT2D eigenvalue weighted by atomic mass is 19.1. The Labute approximate surface area is 126 Å². The Morgan fingerprint density at radius 3 is 2.33 bits per heavy atom. The first kappa shape index (κ1) is 14.9.